The van der Waals surface area contributed by atoms with E-state index in [0.717, 1.165) is 27.1 Å². The number of H-pyrrole nitrogens is 1. The lowest BCUT2D eigenvalue weighted by molar-refractivity contribution is -0.948. The monoisotopic (exact) mass is 515 g/mol. The van der Waals surface area contributed by atoms with Gasteiger partial charge < -0.3 is 40.0 Å². The van der Waals surface area contributed by atoms with Gasteiger partial charge in [0.25, 0.3) is 0 Å². The minimum atomic E-state index is -1.60. The van der Waals surface area contributed by atoms with E-state index in [9.17, 15) is 30.3 Å². The predicted molar refractivity (Wildman–Crippen MR) is 127 cm³/mol. The molecule has 4 aliphatic rings. The molecular weight excluding hydrogens is 484 g/mol. The largest absolute Gasteiger partial charge is 0.481 e. The van der Waals surface area contributed by atoms with Crippen molar-refractivity contribution in [2.75, 3.05) is 6.61 Å². The molecule has 0 amide bonds. The maximum absolute atomic E-state index is 12.4. The topological polar surface area (TPSA) is 166 Å². The van der Waals surface area contributed by atoms with Crippen LogP contribution in [0.4, 0.5) is 0 Å². The molecule has 11 nitrogen and oxygen atoms in total. The molecule has 0 spiro atoms. The zero-order valence-corrected chi connectivity index (χ0v) is 19.9. The van der Waals surface area contributed by atoms with Crippen LogP contribution in [0.15, 0.2) is 43.1 Å². The standard InChI is InChI=1S/C26H30N2O9/c1-2-11-14-9-16-19-13(12-5-3-4-6-15(12)27-19)7-8-28(16)23(18(14)24(33)34)36-25(11)37-26-22(32)21(31)20(30)17(10-29)35-26/h2-8,11,14,16-18,20-23,25-27,29-32H,1,9-10H2,(H,33,34)/p+1/t11-,14+,16?,17-,18+,20-,21+,22-,23-,25+,26+/m1/s1. The zero-order chi connectivity index (χ0) is 26.0. The number of ether oxygens (including phenoxy) is 3. The third-order valence-corrected chi connectivity index (χ3v) is 8.36. The Labute approximate surface area is 212 Å². The number of carbonyl (C=O) groups is 1. The van der Waals surface area contributed by atoms with Crippen LogP contribution in [0.3, 0.4) is 0 Å². The molecule has 37 heavy (non-hydrogen) atoms. The van der Waals surface area contributed by atoms with E-state index in [1.807, 2.05) is 30.5 Å². The van der Waals surface area contributed by atoms with Crippen LogP contribution in [0.25, 0.3) is 17.0 Å². The number of rotatable bonds is 5. The molecule has 0 radical (unpaired) electrons. The van der Waals surface area contributed by atoms with Crippen molar-refractivity contribution in [1.82, 2.24) is 4.98 Å². The summed E-state index contributed by atoms with van der Waals surface area (Å²) < 4.78 is 17.8. The lowest BCUT2D eigenvalue weighted by Crippen LogP contribution is -3.16. The summed E-state index contributed by atoms with van der Waals surface area (Å²) in [6.07, 6.45) is -3.08. The Kier molecular flexibility index (Phi) is 6.21. The predicted octanol–water partition coefficient (Wildman–Crippen LogP) is -0.900. The van der Waals surface area contributed by atoms with Gasteiger partial charge in [0.2, 0.25) is 6.23 Å². The average Bonchev–Trinajstić information content (AvgIpc) is 3.28. The second kappa shape index (κ2) is 9.29. The molecule has 2 bridgehead atoms. The van der Waals surface area contributed by atoms with Crippen LogP contribution in [0.5, 0.6) is 0 Å². The van der Waals surface area contributed by atoms with Crippen LogP contribution < -0.4 is 4.90 Å². The third-order valence-electron chi connectivity index (χ3n) is 8.36. The molecule has 5 heterocycles. The molecule has 1 aromatic heterocycles. The van der Waals surface area contributed by atoms with Gasteiger partial charge >= 0.3 is 5.97 Å². The van der Waals surface area contributed by atoms with Gasteiger partial charge in [-0.25, -0.2) is 0 Å². The molecule has 2 aromatic rings. The quantitative estimate of drug-likeness (QED) is 0.250. The van der Waals surface area contributed by atoms with Crippen molar-refractivity contribution >= 4 is 22.9 Å². The van der Waals surface area contributed by atoms with Gasteiger partial charge in [0, 0.05) is 34.9 Å². The van der Waals surface area contributed by atoms with Crippen LogP contribution in [-0.2, 0) is 19.0 Å². The van der Waals surface area contributed by atoms with Crippen molar-refractivity contribution in [1.29, 1.82) is 0 Å². The molecular formula is C26H31N2O9+. The number of aliphatic hydroxyl groups is 4. The molecule has 0 aliphatic carbocycles. The number of carboxylic acid groups (broad SMARTS) is 1. The normalized spacial score (nSPS) is 42.7. The zero-order valence-electron chi connectivity index (χ0n) is 19.9. The number of aromatic amines is 1. The first-order valence-electron chi connectivity index (χ1n) is 12.5. The van der Waals surface area contributed by atoms with Crippen molar-refractivity contribution in [3.8, 4) is 0 Å². The lowest BCUT2D eigenvalue weighted by Gasteiger charge is -2.52. The van der Waals surface area contributed by atoms with Crippen LogP contribution >= 0.6 is 0 Å². The van der Waals surface area contributed by atoms with Crippen LogP contribution in [0.1, 0.15) is 23.7 Å². The van der Waals surface area contributed by atoms with E-state index in [1.165, 1.54) is 0 Å². The van der Waals surface area contributed by atoms with Gasteiger partial charge in [0.1, 0.15) is 36.4 Å². The first kappa shape index (κ1) is 24.7. The second-order valence-electron chi connectivity index (χ2n) is 10.2. The molecule has 3 saturated heterocycles. The maximum Gasteiger partial charge on any atom is 0.315 e. The van der Waals surface area contributed by atoms with Crippen molar-refractivity contribution in [2.45, 2.75) is 55.7 Å². The van der Waals surface area contributed by atoms with Crippen molar-refractivity contribution in [3.05, 3.63) is 54.4 Å². The van der Waals surface area contributed by atoms with Gasteiger partial charge in [-0.2, -0.15) is 0 Å². The molecule has 12 atom stereocenters. The van der Waals surface area contributed by atoms with E-state index in [1.54, 1.807) is 6.08 Å². The molecule has 7 N–H and O–H groups in total. The van der Waals surface area contributed by atoms with E-state index in [-0.39, 0.29) is 6.04 Å². The molecule has 1 aromatic carbocycles. The summed E-state index contributed by atoms with van der Waals surface area (Å²) in [6, 6.07) is 7.94. The van der Waals surface area contributed by atoms with Crippen LogP contribution in [-0.4, -0.2) is 86.3 Å². The Balaban J connectivity index is 1.33. The highest BCUT2D eigenvalue weighted by atomic mass is 16.8. The van der Waals surface area contributed by atoms with Gasteiger partial charge in [-0.1, -0.05) is 24.3 Å². The number of hydrogen-bond donors (Lipinski definition) is 7. The summed E-state index contributed by atoms with van der Waals surface area (Å²) in [5.41, 5.74) is 3.12. The number of carboxylic acids is 1. The number of fused-ring (bicyclic) bond motifs is 8. The molecule has 6 rings (SSSR count). The first-order valence-corrected chi connectivity index (χ1v) is 12.5. The van der Waals surface area contributed by atoms with E-state index in [2.05, 4.69) is 17.6 Å². The molecule has 198 valence electrons. The second-order valence-corrected chi connectivity index (χ2v) is 10.2. The Morgan fingerprint density at radius 2 is 1.95 bits per heavy atom. The summed E-state index contributed by atoms with van der Waals surface area (Å²) in [5.74, 6) is -2.78. The summed E-state index contributed by atoms with van der Waals surface area (Å²) in [5, 5.41) is 51.6. The van der Waals surface area contributed by atoms with Gasteiger partial charge in [0.15, 0.2) is 12.6 Å². The number of aliphatic hydroxyl groups excluding tert-OH is 4. The number of nitrogens with one attached hydrogen (secondary N) is 2. The van der Waals surface area contributed by atoms with Gasteiger partial charge in [-0.3, -0.25) is 14.4 Å². The molecule has 11 heteroatoms. The fourth-order valence-corrected chi connectivity index (χ4v) is 6.53. The summed E-state index contributed by atoms with van der Waals surface area (Å²) in [7, 11) is 0. The number of quaternary nitrogens is 1. The van der Waals surface area contributed by atoms with Crippen molar-refractivity contribution in [3.63, 3.8) is 0 Å². The third kappa shape index (κ3) is 3.77. The fourth-order valence-electron chi connectivity index (χ4n) is 6.53. The van der Waals surface area contributed by atoms with Crippen molar-refractivity contribution in [2.24, 2.45) is 17.8 Å². The highest BCUT2D eigenvalue weighted by Gasteiger charge is 2.60. The van der Waals surface area contributed by atoms with Gasteiger partial charge in [0.05, 0.1) is 18.5 Å². The number of aromatic nitrogens is 1. The minimum absolute atomic E-state index is 0.0753. The number of piperidine rings is 1. The summed E-state index contributed by atoms with van der Waals surface area (Å²) in [4.78, 5) is 16.8. The molecule has 4 aliphatic heterocycles. The van der Waals surface area contributed by atoms with Crippen LogP contribution in [0, 0.1) is 17.8 Å². The highest BCUT2D eigenvalue weighted by Crippen LogP contribution is 2.46. The summed E-state index contributed by atoms with van der Waals surface area (Å²) >= 11 is 0. The smallest absolute Gasteiger partial charge is 0.315 e. The first-order chi connectivity index (χ1) is 17.8. The molecule has 0 saturated carbocycles. The summed E-state index contributed by atoms with van der Waals surface area (Å²) in [6.45, 7) is 3.32. The average molecular weight is 516 g/mol. The Morgan fingerprint density at radius 1 is 1.16 bits per heavy atom. The van der Waals surface area contributed by atoms with E-state index in [0.29, 0.717) is 6.42 Å². The Morgan fingerprint density at radius 3 is 2.68 bits per heavy atom. The molecule has 2 unspecified atom stereocenters. The van der Waals surface area contributed by atoms with E-state index in [4.69, 9.17) is 14.2 Å². The number of benzene rings is 1. The fraction of sp³-hybridized carbons (Fsp3) is 0.500. The molecule has 3 fully saturated rings. The number of hydrogen-bond acceptors (Lipinski definition) is 8. The number of para-hydroxylation sites is 1. The van der Waals surface area contributed by atoms with Gasteiger partial charge in [-0.15, -0.1) is 6.58 Å². The van der Waals surface area contributed by atoms with Crippen LogP contribution in [0.2, 0.25) is 0 Å². The lowest BCUT2D eigenvalue weighted by atomic mass is 9.69. The highest BCUT2D eigenvalue weighted by molar-refractivity contribution is 5.90. The van der Waals surface area contributed by atoms with Crippen molar-refractivity contribution < 1.29 is 49.4 Å². The van der Waals surface area contributed by atoms with E-state index < -0.39 is 73.6 Å². The Bertz CT molecular complexity index is 1230. The Hall–Kier alpha value is -2.61. The van der Waals surface area contributed by atoms with E-state index >= 15 is 0 Å². The van der Waals surface area contributed by atoms with Gasteiger partial charge in [-0.05, 0) is 12.0 Å². The minimum Gasteiger partial charge on any atom is -0.481 e. The maximum atomic E-state index is 12.4. The number of aliphatic carboxylic acids is 1. The SMILES string of the molecule is C=C[C@H]1[C@H](O[C@@H]2O[C@H](CO)[C@@H](O)[C@H](O)[C@H]2O)O[C@@H]2[C@@H](C(=O)O)[C@H]1CC1c3[nH]c4ccccc4c3C=C[NH+]12.